The molecule has 1 fully saturated rings. The van der Waals surface area contributed by atoms with Crippen molar-refractivity contribution in [1.82, 2.24) is 20.3 Å². The van der Waals surface area contributed by atoms with E-state index in [1.807, 2.05) is 0 Å². The van der Waals surface area contributed by atoms with Crippen molar-refractivity contribution < 1.29 is 4.74 Å². The van der Waals surface area contributed by atoms with Gasteiger partial charge in [-0.3, -0.25) is 0 Å². The molecule has 2 aliphatic heterocycles. The van der Waals surface area contributed by atoms with Crippen LogP contribution in [0.2, 0.25) is 0 Å². The molecule has 0 aromatic carbocycles. The van der Waals surface area contributed by atoms with Crippen molar-refractivity contribution in [3.8, 4) is 11.9 Å². The van der Waals surface area contributed by atoms with Crippen LogP contribution in [-0.4, -0.2) is 40.7 Å². The first-order chi connectivity index (χ1) is 12.2. The molecular weight excluding hydrogens is 318 g/mol. The first-order valence-corrected chi connectivity index (χ1v) is 8.35. The fourth-order valence-corrected chi connectivity index (χ4v) is 3.25. The number of nitrogens with zero attached hydrogens (tertiary/aromatic N) is 5. The Balaban J connectivity index is 1.60. The lowest BCUT2D eigenvalue weighted by Crippen LogP contribution is -2.32. The summed E-state index contributed by atoms with van der Waals surface area (Å²) in [6, 6.07) is 3.86. The van der Waals surface area contributed by atoms with Gasteiger partial charge in [-0.15, -0.1) is 0 Å². The highest BCUT2D eigenvalue weighted by Crippen LogP contribution is 2.29. The third-order valence-electron chi connectivity index (χ3n) is 4.65. The highest BCUT2D eigenvalue weighted by atomic mass is 16.5. The maximum Gasteiger partial charge on any atom is 0.222 e. The van der Waals surface area contributed by atoms with E-state index < -0.39 is 0 Å². The summed E-state index contributed by atoms with van der Waals surface area (Å²) in [5, 5.41) is 12.5. The number of nitrogens with one attached hydrogen (secondary N) is 1. The molecule has 25 heavy (non-hydrogen) atoms. The fraction of sp³-hybridized carbons (Fsp3) is 0.412. The monoisotopic (exact) mass is 337 g/mol. The van der Waals surface area contributed by atoms with Crippen LogP contribution in [-0.2, 0) is 13.0 Å². The van der Waals surface area contributed by atoms with Gasteiger partial charge in [0.25, 0.3) is 0 Å². The van der Waals surface area contributed by atoms with Crippen LogP contribution in [0.5, 0.6) is 5.88 Å². The minimum Gasteiger partial charge on any atom is -0.473 e. The zero-order valence-electron chi connectivity index (χ0n) is 13.8. The van der Waals surface area contributed by atoms with Gasteiger partial charge in [-0.25, -0.2) is 15.0 Å². The average Bonchev–Trinajstić information content (AvgIpc) is 3.15. The minimum atomic E-state index is 0.151. The van der Waals surface area contributed by atoms with E-state index in [-0.39, 0.29) is 11.9 Å². The molecule has 2 aliphatic rings. The Kier molecular flexibility index (Phi) is 4.07. The number of fused-ring (bicyclic) bond motifs is 1. The number of nitrogens with two attached hydrogens (primary N) is 1. The predicted octanol–water partition coefficient (Wildman–Crippen LogP) is 0.629. The van der Waals surface area contributed by atoms with Gasteiger partial charge >= 0.3 is 0 Å². The van der Waals surface area contributed by atoms with Gasteiger partial charge in [0.15, 0.2) is 0 Å². The molecule has 3 N–H and O–H groups in total. The van der Waals surface area contributed by atoms with Crippen LogP contribution < -0.4 is 20.7 Å². The standard InChI is InChI=1S/C17H19N7O/c18-6-11-5-12(7-21-16(11)19)24-4-2-15-14(9-24)17(23-10-22-15)25-13-1-3-20-8-13/h5,7,10,13,20H,1-4,8-9H2,(H2,19,21)/t13-/m0/s1. The second-order valence-electron chi connectivity index (χ2n) is 6.25. The Morgan fingerprint density at radius 2 is 2.28 bits per heavy atom. The minimum absolute atomic E-state index is 0.151. The number of ether oxygens (including phenoxy) is 1. The molecule has 0 aliphatic carbocycles. The third-order valence-corrected chi connectivity index (χ3v) is 4.65. The van der Waals surface area contributed by atoms with Crippen LogP contribution in [0.1, 0.15) is 23.2 Å². The van der Waals surface area contributed by atoms with Crippen molar-refractivity contribution in [2.75, 3.05) is 30.3 Å². The van der Waals surface area contributed by atoms with Crippen molar-refractivity contribution in [2.45, 2.75) is 25.5 Å². The topological polar surface area (TPSA) is 113 Å². The molecule has 4 rings (SSSR count). The third kappa shape index (κ3) is 3.06. The van der Waals surface area contributed by atoms with Gasteiger partial charge < -0.3 is 20.7 Å². The number of hydrogen-bond acceptors (Lipinski definition) is 8. The van der Waals surface area contributed by atoms with E-state index in [4.69, 9.17) is 15.7 Å². The SMILES string of the molecule is N#Cc1cc(N2CCc3ncnc(O[C@H]4CCNC4)c3C2)cnc1N. The van der Waals surface area contributed by atoms with Gasteiger partial charge in [0.1, 0.15) is 24.3 Å². The van der Waals surface area contributed by atoms with Crippen LogP contribution in [0.25, 0.3) is 0 Å². The van der Waals surface area contributed by atoms with E-state index in [0.29, 0.717) is 18.0 Å². The molecule has 128 valence electrons. The second kappa shape index (κ2) is 6.53. The van der Waals surface area contributed by atoms with Gasteiger partial charge in [-0.1, -0.05) is 0 Å². The number of rotatable bonds is 3. The summed E-state index contributed by atoms with van der Waals surface area (Å²) < 4.78 is 6.09. The molecule has 0 spiro atoms. The number of pyridine rings is 1. The Morgan fingerprint density at radius 3 is 3.08 bits per heavy atom. The predicted molar refractivity (Wildman–Crippen MR) is 92.1 cm³/mol. The van der Waals surface area contributed by atoms with Crippen LogP contribution in [0.4, 0.5) is 11.5 Å². The lowest BCUT2D eigenvalue weighted by atomic mass is 10.1. The van der Waals surface area contributed by atoms with E-state index >= 15 is 0 Å². The van der Waals surface area contributed by atoms with E-state index in [1.54, 1.807) is 18.6 Å². The molecule has 1 atom stereocenters. The van der Waals surface area contributed by atoms with Gasteiger partial charge in [0.05, 0.1) is 35.2 Å². The summed E-state index contributed by atoms with van der Waals surface area (Å²) in [5.41, 5.74) is 9.02. The molecule has 0 bridgehead atoms. The molecular formula is C17H19N7O. The number of hydrogen-bond donors (Lipinski definition) is 2. The van der Waals surface area contributed by atoms with Crippen LogP contribution in [0.15, 0.2) is 18.6 Å². The van der Waals surface area contributed by atoms with Crippen LogP contribution in [0, 0.1) is 11.3 Å². The Hall–Kier alpha value is -2.92. The van der Waals surface area contributed by atoms with Crippen molar-refractivity contribution in [3.63, 3.8) is 0 Å². The average molecular weight is 337 g/mol. The summed E-state index contributed by atoms with van der Waals surface area (Å²) in [7, 11) is 0. The van der Waals surface area contributed by atoms with Crippen LogP contribution >= 0.6 is 0 Å². The quantitative estimate of drug-likeness (QED) is 0.838. The van der Waals surface area contributed by atoms with Crippen LogP contribution in [0.3, 0.4) is 0 Å². The normalized spacial score (nSPS) is 19.3. The first kappa shape index (κ1) is 15.6. The highest BCUT2D eigenvalue weighted by Gasteiger charge is 2.25. The molecule has 8 nitrogen and oxygen atoms in total. The largest absolute Gasteiger partial charge is 0.473 e. The molecule has 0 amide bonds. The lowest BCUT2D eigenvalue weighted by Gasteiger charge is -2.31. The summed E-state index contributed by atoms with van der Waals surface area (Å²) in [6.07, 6.45) is 5.20. The molecule has 1 saturated heterocycles. The van der Waals surface area contributed by atoms with Crippen molar-refractivity contribution >= 4 is 11.5 Å². The second-order valence-corrected chi connectivity index (χ2v) is 6.25. The number of nitrogen functional groups attached to an aromatic ring is 1. The van der Waals surface area contributed by atoms with Crippen molar-refractivity contribution in [2.24, 2.45) is 0 Å². The molecule has 0 radical (unpaired) electrons. The van der Waals surface area contributed by atoms with Gasteiger partial charge in [0, 0.05) is 19.5 Å². The fourth-order valence-electron chi connectivity index (χ4n) is 3.25. The Morgan fingerprint density at radius 1 is 1.36 bits per heavy atom. The molecule has 2 aromatic rings. The zero-order chi connectivity index (χ0) is 17.2. The van der Waals surface area contributed by atoms with E-state index in [0.717, 1.165) is 49.4 Å². The molecule has 4 heterocycles. The Bertz CT molecular complexity index is 826. The van der Waals surface area contributed by atoms with E-state index in [9.17, 15) is 0 Å². The summed E-state index contributed by atoms with van der Waals surface area (Å²) in [6.45, 7) is 3.24. The maximum atomic E-state index is 9.17. The number of anilines is 2. The molecule has 0 unspecified atom stereocenters. The summed E-state index contributed by atoms with van der Waals surface area (Å²) >= 11 is 0. The molecule has 0 saturated carbocycles. The number of aromatic nitrogens is 3. The smallest absolute Gasteiger partial charge is 0.222 e. The van der Waals surface area contributed by atoms with E-state index in [1.165, 1.54) is 0 Å². The van der Waals surface area contributed by atoms with E-state index in [2.05, 4.69) is 31.2 Å². The summed E-state index contributed by atoms with van der Waals surface area (Å²) in [4.78, 5) is 15.0. The van der Waals surface area contributed by atoms with Gasteiger partial charge in [-0.2, -0.15) is 5.26 Å². The van der Waals surface area contributed by atoms with Crippen molar-refractivity contribution in [3.05, 3.63) is 35.4 Å². The highest BCUT2D eigenvalue weighted by molar-refractivity contribution is 5.59. The van der Waals surface area contributed by atoms with Gasteiger partial charge in [0.2, 0.25) is 5.88 Å². The number of nitriles is 1. The van der Waals surface area contributed by atoms with Gasteiger partial charge in [-0.05, 0) is 19.0 Å². The van der Waals surface area contributed by atoms with Crippen molar-refractivity contribution in [1.29, 1.82) is 5.26 Å². The Labute approximate surface area is 145 Å². The molecule has 2 aromatic heterocycles. The molecule has 8 heteroatoms. The first-order valence-electron chi connectivity index (χ1n) is 8.35. The maximum absolute atomic E-state index is 9.17. The summed E-state index contributed by atoms with van der Waals surface area (Å²) in [5.74, 6) is 0.914. The zero-order valence-corrected chi connectivity index (χ0v) is 13.8. The lowest BCUT2D eigenvalue weighted by molar-refractivity contribution is 0.210.